The first-order chi connectivity index (χ1) is 9.53. The van der Waals surface area contributed by atoms with Gasteiger partial charge in [-0.05, 0) is 43.4 Å². The van der Waals surface area contributed by atoms with Crippen LogP contribution in [0.1, 0.15) is 24.8 Å². The number of rotatable bonds is 4. The zero-order valence-electron chi connectivity index (χ0n) is 10.8. The molecular weight excluding hydrogens is 296 g/mol. The molecule has 1 aliphatic carbocycles. The second-order valence-electron chi connectivity index (χ2n) is 4.76. The highest BCUT2D eigenvalue weighted by Gasteiger charge is 2.20. The summed E-state index contributed by atoms with van der Waals surface area (Å²) >= 11 is 5.92. The first kappa shape index (κ1) is 15.0. The van der Waals surface area contributed by atoms with Crippen molar-refractivity contribution in [3.8, 4) is 6.07 Å². The van der Waals surface area contributed by atoms with Crippen LogP contribution in [0.25, 0.3) is 0 Å². The van der Waals surface area contributed by atoms with Crippen LogP contribution in [0.5, 0.6) is 0 Å². The smallest absolute Gasteiger partial charge is 0.211 e. The molecule has 2 rings (SSSR count). The van der Waals surface area contributed by atoms with Gasteiger partial charge < -0.3 is 0 Å². The van der Waals surface area contributed by atoms with Crippen LogP contribution in [0.15, 0.2) is 35.2 Å². The molecule has 0 aliphatic heterocycles. The summed E-state index contributed by atoms with van der Waals surface area (Å²) in [6.45, 7) is 0.389. The van der Waals surface area contributed by atoms with E-state index in [1.807, 2.05) is 6.07 Å². The van der Waals surface area contributed by atoms with Gasteiger partial charge in [0.25, 0.3) is 0 Å². The Labute approximate surface area is 124 Å². The van der Waals surface area contributed by atoms with Crippen LogP contribution in [0, 0.1) is 17.2 Å². The van der Waals surface area contributed by atoms with Crippen molar-refractivity contribution in [1.29, 1.82) is 5.26 Å². The number of benzene rings is 1. The molecule has 1 aliphatic rings. The number of allylic oxidation sites excluding steroid dienone is 2. The predicted octanol–water partition coefficient (Wildman–Crippen LogP) is 2.85. The average Bonchev–Trinajstić information content (AvgIpc) is 2.47. The largest absolute Gasteiger partial charge is 0.242 e. The lowest BCUT2D eigenvalue weighted by molar-refractivity contribution is 0.468. The third kappa shape index (κ3) is 3.60. The fraction of sp³-hybridized carbons (Fsp3) is 0.357. The zero-order chi connectivity index (χ0) is 14.6. The van der Waals surface area contributed by atoms with Crippen LogP contribution in [0.2, 0.25) is 5.02 Å². The van der Waals surface area contributed by atoms with E-state index in [1.165, 1.54) is 18.2 Å². The summed E-state index contributed by atoms with van der Waals surface area (Å²) in [5.74, 6) is 0.313. The molecule has 106 valence electrons. The van der Waals surface area contributed by atoms with Gasteiger partial charge in [0, 0.05) is 6.54 Å². The third-order valence-electron chi connectivity index (χ3n) is 3.29. The molecule has 6 heteroatoms. The SMILES string of the molecule is N#Cc1ccc(Cl)c(S(=O)(=O)NCC2CC=CCC2)c1. The molecule has 1 N–H and O–H groups in total. The van der Waals surface area contributed by atoms with Gasteiger partial charge in [-0.15, -0.1) is 0 Å². The lowest BCUT2D eigenvalue weighted by Gasteiger charge is -2.18. The summed E-state index contributed by atoms with van der Waals surface area (Å²) in [5, 5.41) is 8.96. The molecule has 0 saturated carbocycles. The predicted molar refractivity (Wildman–Crippen MR) is 77.8 cm³/mol. The van der Waals surface area contributed by atoms with Crippen molar-refractivity contribution in [3.63, 3.8) is 0 Å². The van der Waals surface area contributed by atoms with Gasteiger partial charge in [0.2, 0.25) is 10.0 Å². The maximum atomic E-state index is 12.2. The van der Waals surface area contributed by atoms with Gasteiger partial charge in [-0.3, -0.25) is 0 Å². The Balaban J connectivity index is 2.14. The van der Waals surface area contributed by atoms with Crippen LogP contribution in [0.3, 0.4) is 0 Å². The van der Waals surface area contributed by atoms with Crippen molar-refractivity contribution < 1.29 is 8.42 Å². The minimum Gasteiger partial charge on any atom is -0.211 e. The molecular formula is C14H15ClN2O2S. The average molecular weight is 311 g/mol. The topological polar surface area (TPSA) is 70.0 Å². The van der Waals surface area contributed by atoms with Gasteiger partial charge in [-0.2, -0.15) is 5.26 Å². The standard InChI is InChI=1S/C14H15ClN2O2S/c15-13-7-6-12(9-16)8-14(13)20(18,19)17-10-11-4-2-1-3-5-11/h1-2,6-8,11,17H,3-5,10H2. The zero-order valence-corrected chi connectivity index (χ0v) is 12.4. The van der Waals surface area contributed by atoms with E-state index in [4.69, 9.17) is 16.9 Å². The lowest BCUT2D eigenvalue weighted by atomic mass is 9.95. The van der Waals surface area contributed by atoms with E-state index in [0.717, 1.165) is 19.3 Å². The Morgan fingerprint density at radius 3 is 2.85 bits per heavy atom. The Morgan fingerprint density at radius 2 is 2.20 bits per heavy atom. The van der Waals surface area contributed by atoms with E-state index in [0.29, 0.717) is 12.5 Å². The van der Waals surface area contributed by atoms with E-state index < -0.39 is 10.0 Å². The van der Waals surface area contributed by atoms with Gasteiger partial charge >= 0.3 is 0 Å². The Hall–Kier alpha value is -1.35. The van der Waals surface area contributed by atoms with Crippen LogP contribution in [0.4, 0.5) is 0 Å². The van der Waals surface area contributed by atoms with Gasteiger partial charge in [-0.1, -0.05) is 23.8 Å². The molecule has 20 heavy (non-hydrogen) atoms. The van der Waals surface area contributed by atoms with Crippen molar-refractivity contribution >= 4 is 21.6 Å². The molecule has 0 bridgehead atoms. The minimum atomic E-state index is -3.68. The van der Waals surface area contributed by atoms with Crippen molar-refractivity contribution in [1.82, 2.24) is 4.72 Å². The summed E-state index contributed by atoms with van der Waals surface area (Å²) in [7, 11) is -3.68. The summed E-state index contributed by atoms with van der Waals surface area (Å²) in [6.07, 6.45) is 7.03. The van der Waals surface area contributed by atoms with Crippen molar-refractivity contribution in [2.45, 2.75) is 24.2 Å². The minimum absolute atomic E-state index is 0.0374. The molecule has 1 aromatic carbocycles. The lowest BCUT2D eigenvalue weighted by Crippen LogP contribution is -2.30. The molecule has 1 aromatic rings. The second-order valence-corrected chi connectivity index (χ2v) is 6.90. The number of sulfonamides is 1. The van der Waals surface area contributed by atoms with Crippen LogP contribution in [-0.2, 0) is 10.0 Å². The molecule has 0 aromatic heterocycles. The monoisotopic (exact) mass is 310 g/mol. The number of nitriles is 1. The van der Waals surface area contributed by atoms with E-state index in [-0.39, 0.29) is 15.5 Å². The highest BCUT2D eigenvalue weighted by molar-refractivity contribution is 7.89. The van der Waals surface area contributed by atoms with Gasteiger partial charge in [0.15, 0.2) is 0 Å². The molecule has 0 spiro atoms. The molecule has 0 heterocycles. The highest BCUT2D eigenvalue weighted by atomic mass is 35.5. The summed E-state index contributed by atoms with van der Waals surface area (Å²) in [5.41, 5.74) is 0.273. The molecule has 0 saturated heterocycles. The molecule has 1 unspecified atom stereocenters. The van der Waals surface area contributed by atoms with E-state index in [9.17, 15) is 8.42 Å². The first-order valence-electron chi connectivity index (χ1n) is 6.37. The number of hydrogen-bond acceptors (Lipinski definition) is 3. The number of halogens is 1. The van der Waals surface area contributed by atoms with Crippen molar-refractivity contribution in [2.75, 3.05) is 6.54 Å². The molecule has 0 fully saturated rings. The Bertz CT molecular complexity index is 662. The normalized spacial score (nSPS) is 18.7. The van der Waals surface area contributed by atoms with Crippen molar-refractivity contribution in [2.24, 2.45) is 5.92 Å². The van der Waals surface area contributed by atoms with E-state index in [2.05, 4.69) is 16.9 Å². The fourth-order valence-corrected chi connectivity index (χ4v) is 3.77. The maximum absolute atomic E-state index is 12.2. The number of nitrogens with one attached hydrogen (secondary N) is 1. The Kier molecular flexibility index (Phi) is 4.81. The van der Waals surface area contributed by atoms with Crippen LogP contribution in [-0.4, -0.2) is 15.0 Å². The fourth-order valence-electron chi connectivity index (χ4n) is 2.13. The van der Waals surface area contributed by atoms with Crippen LogP contribution < -0.4 is 4.72 Å². The van der Waals surface area contributed by atoms with E-state index >= 15 is 0 Å². The third-order valence-corrected chi connectivity index (χ3v) is 5.19. The number of nitrogens with zero attached hydrogens (tertiary/aromatic N) is 1. The summed E-state index contributed by atoms with van der Waals surface area (Å²) in [6, 6.07) is 6.13. The second kappa shape index (κ2) is 6.40. The van der Waals surface area contributed by atoms with Crippen LogP contribution >= 0.6 is 11.6 Å². The summed E-state index contributed by atoms with van der Waals surface area (Å²) in [4.78, 5) is -0.0374. The molecule has 1 atom stereocenters. The van der Waals surface area contributed by atoms with Gasteiger partial charge in [0.05, 0.1) is 16.7 Å². The van der Waals surface area contributed by atoms with Gasteiger partial charge in [-0.25, -0.2) is 13.1 Å². The molecule has 0 amide bonds. The summed E-state index contributed by atoms with van der Waals surface area (Å²) < 4.78 is 27.1. The van der Waals surface area contributed by atoms with Crippen molar-refractivity contribution in [3.05, 3.63) is 40.9 Å². The Morgan fingerprint density at radius 1 is 1.40 bits per heavy atom. The first-order valence-corrected chi connectivity index (χ1v) is 8.23. The number of hydrogen-bond donors (Lipinski definition) is 1. The quantitative estimate of drug-likeness (QED) is 0.869. The molecule has 0 radical (unpaired) electrons. The molecule has 4 nitrogen and oxygen atoms in total. The van der Waals surface area contributed by atoms with Gasteiger partial charge in [0.1, 0.15) is 4.90 Å². The highest BCUT2D eigenvalue weighted by Crippen LogP contribution is 2.23. The maximum Gasteiger partial charge on any atom is 0.242 e. The van der Waals surface area contributed by atoms with E-state index in [1.54, 1.807) is 0 Å².